The van der Waals surface area contributed by atoms with Crippen molar-refractivity contribution in [3.63, 3.8) is 0 Å². The number of fused-ring (bicyclic) bond motifs is 7. The molecule has 1 atom stereocenters. The summed E-state index contributed by atoms with van der Waals surface area (Å²) in [7, 11) is 5.13. The van der Waals surface area contributed by atoms with Crippen LogP contribution < -0.4 is 14.2 Å². The molecule has 0 radical (unpaired) electrons. The third-order valence-electron chi connectivity index (χ3n) is 6.87. The van der Waals surface area contributed by atoms with E-state index in [-0.39, 0.29) is 5.54 Å². The summed E-state index contributed by atoms with van der Waals surface area (Å²) < 4.78 is 16.8. The van der Waals surface area contributed by atoms with Gasteiger partial charge in [-0.15, -0.1) is 0 Å². The van der Waals surface area contributed by atoms with Crippen LogP contribution in [0.3, 0.4) is 0 Å². The van der Waals surface area contributed by atoms with E-state index in [0.717, 1.165) is 30.2 Å². The van der Waals surface area contributed by atoms with Crippen molar-refractivity contribution in [3.8, 4) is 17.2 Å². The van der Waals surface area contributed by atoms with Crippen LogP contribution in [0.15, 0.2) is 30.3 Å². The maximum atomic E-state index is 5.64. The normalized spacial score (nSPS) is 21.6. The lowest BCUT2D eigenvalue weighted by Gasteiger charge is -2.41. The molecule has 0 unspecified atom stereocenters. The highest BCUT2D eigenvalue weighted by Crippen LogP contribution is 2.47. The van der Waals surface area contributed by atoms with Crippen molar-refractivity contribution in [2.75, 3.05) is 27.9 Å². The fraction of sp³-hybridized carbons (Fsp3) is 0.417. The predicted molar refractivity (Wildman–Crippen MR) is 113 cm³/mol. The Balaban J connectivity index is 1.89. The predicted octanol–water partition coefficient (Wildman–Crippen LogP) is 4.93. The fourth-order valence-corrected chi connectivity index (χ4v) is 5.32. The molecule has 1 fully saturated rings. The van der Waals surface area contributed by atoms with Crippen LogP contribution in [-0.2, 0) is 13.0 Å². The Bertz CT molecular complexity index is 1090. The van der Waals surface area contributed by atoms with Crippen LogP contribution in [0.2, 0.25) is 0 Å². The van der Waals surface area contributed by atoms with Gasteiger partial charge in [0.15, 0.2) is 11.5 Å². The Hall–Kier alpha value is -2.46. The second-order valence-electron chi connectivity index (χ2n) is 8.32. The van der Waals surface area contributed by atoms with Crippen LogP contribution in [0, 0.1) is 0 Å². The molecule has 0 aromatic heterocycles. The van der Waals surface area contributed by atoms with Gasteiger partial charge in [-0.2, -0.15) is 0 Å². The van der Waals surface area contributed by atoms with Crippen molar-refractivity contribution < 1.29 is 14.2 Å². The van der Waals surface area contributed by atoms with E-state index < -0.39 is 0 Å². The highest BCUT2D eigenvalue weighted by Gasteiger charge is 2.41. The number of hydrogen-bond donors (Lipinski definition) is 0. The molecule has 3 aromatic rings. The van der Waals surface area contributed by atoms with E-state index in [1.165, 1.54) is 52.1 Å². The van der Waals surface area contributed by atoms with Gasteiger partial charge in [-0.3, -0.25) is 4.90 Å². The van der Waals surface area contributed by atoms with Gasteiger partial charge in [0.1, 0.15) is 5.75 Å². The first-order chi connectivity index (χ1) is 13.6. The summed E-state index contributed by atoms with van der Waals surface area (Å²) >= 11 is 0. The number of rotatable bonds is 3. The molecule has 0 saturated carbocycles. The molecule has 2 aliphatic rings. The molecule has 146 valence electrons. The van der Waals surface area contributed by atoms with Gasteiger partial charge in [0, 0.05) is 12.1 Å². The number of hydrogen-bond acceptors (Lipinski definition) is 4. The highest BCUT2D eigenvalue weighted by atomic mass is 16.5. The molecule has 1 saturated heterocycles. The smallest absolute Gasteiger partial charge is 0.161 e. The molecule has 4 nitrogen and oxygen atoms in total. The van der Waals surface area contributed by atoms with Crippen LogP contribution >= 0.6 is 0 Å². The first-order valence-corrected chi connectivity index (χ1v) is 10.0. The van der Waals surface area contributed by atoms with Crippen LogP contribution in [0.1, 0.15) is 30.9 Å². The van der Waals surface area contributed by atoms with E-state index in [4.69, 9.17) is 14.2 Å². The van der Waals surface area contributed by atoms with Crippen LogP contribution in [0.25, 0.3) is 21.5 Å². The fourth-order valence-electron chi connectivity index (χ4n) is 5.32. The lowest BCUT2D eigenvalue weighted by atomic mass is 9.79. The van der Waals surface area contributed by atoms with E-state index in [1.54, 1.807) is 21.3 Å². The number of benzene rings is 3. The van der Waals surface area contributed by atoms with E-state index >= 15 is 0 Å². The molecule has 2 aliphatic heterocycles. The summed E-state index contributed by atoms with van der Waals surface area (Å²) in [5, 5.41) is 5.03. The minimum atomic E-state index is 0.257. The van der Waals surface area contributed by atoms with Gasteiger partial charge in [-0.05, 0) is 89.7 Å². The average Bonchev–Trinajstić information content (AvgIpc) is 3.11. The van der Waals surface area contributed by atoms with Crippen LogP contribution in [0.4, 0.5) is 0 Å². The third-order valence-corrected chi connectivity index (χ3v) is 6.87. The minimum Gasteiger partial charge on any atom is -0.497 e. The first kappa shape index (κ1) is 17.6. The van der Waals surface area contributed by atoms with Crippen molar-refractivity contribution in [1.29, 1.82) is 0 Å². The summed E-state index contributed by atoms with van der Waals surface area (Å²) in [4.78, 5) is 2.67. The molecule has 0 spiro atoms. The zero-order valence-electron chi connectivity index (χ0n) is 17.1. The molecule has 4 heteroatoms. The van der Waals surface area contributed by atoms with Gasteiger partial charge in [0.2, 0.25) is 0 Å². The van der Waals surface area contributed by atoms with Gasteiger partial charge in [-0.25, -0.2) is 0 Å². The molecule has 0 aliphatic carbocycles. The van der Waals surface area contributed by atoms with Crippen molar-refractivity contribution >= 4 is 21.5 Å². The highest BCUT2D eigenvalue weighted by molar-refractivity contribution is 6.12. The van der Waals surface area contributed by atoms with Crippen molar-refractivity contribution in [3.05, 3.63) is 41.5 Å². The van der Waals surface area contributed by atoms with Crippen molar-refractivity contribution in [2.24, 2.45) is 0 Å². The third kappa shape index (κ3) is 2.40. The lowest BCUT2D eigenvalue weighted by molar-refractivity contribution is 0.134. The maximum Gasteiger partial charge on any atom is 0.161 e. The van der Waals surface area contributed by atoms with E-state index in [9.17, 15) is 0 Å². The second kappa shape index (κ2) is 6.28. The lowest BCUT2D eigenvalue weighted by Crippen LogP contribution is -2.46. The molecule has 2 heterocycles. The van der Waals surface area contributed by atoms with Crippen molar-refractivity contribution in [1.82, 2.24) is 4.90 Å². The Kier molecular flexibility index (Phi) is 3.95. The van der Waals surface area contributed by atoms with Gasteiger partial charge in [0.25, 0.3) is 0 Å². The molecular weight excluding hydrogens is 350 g/mol. The van der Waals surface area contributed by atoms with Gasteiger partial charge < -0.3 is 14.2 Å². The molecular formula is C24H27NO3. The minimum absolute atomic E-state index is 0.257. The summed E-state index contributed by atoms with van der Waals surface area (Å²) in [5.74, 6) is 2.44. The molecule has 0 bridgehead atoms. The van der Waals surface area contributed by atoms with E-state index in [2.05, 4.69) is 42.2 Å². The van der Waals surface area contributed by atoms with Crippen LogP contribution in [-0.4, -0.2) is 38.3 Å². The summed E-state index contributed by atoms with van der Waals surface area (Å²) in [6, 6.07) is 10.7. The standard InChI is InChI=1S/C24H27NO3/c1-24-8-5-9-25(24)14-21-16-7-6-15(26-2)10-17(16)18-11-22(27-3)23(28-4)12-19(18)20(21)13-24/h6-7,10-12H,5,8-9,13-14H2,1-4H3/t24-/m0/s1. The topological polar surface area (TPSA) is 30.9 Å². The molecule has 0 amide bonds. The Morgan fingerprint density at radius 1 is 0.821 bits per heavy atom. The summed E-state index contributed by atoms with van der Waals surface area (Å²) in [6.07, 6.45) is 3.63. The van der Waals surface area contributed by atoms with E-state index in [1.807, 2.05) is 0 Å². The molecule has 3 aromatic carbocycles. The quantitative estimate of drug-likeness (QED) is 0.606. The largest absolute Gasteiger partial charge is 0.497 e. The number of nitrogens with zero attached hydrogens (tertiary/aromatic N) is 1. The molecule has 5 rings (SSSR count). The first-order valence-electron chi connectivity index (χ1n) is 10.0. The van der Waals surface area contributed by atoms with Crippen molar-refractivity contribution in [2.45, 2.75) is 38.3 Å². The molecule has 0 N–H and O–H groups in total. The second-order valence-corrected chi connectivity index (χ2v) is 8.32. The molecule has 28 heavy (non-hydrogen) atoms. The van der Waals surface area contributed by atoms with Gasteiger partial charge in [0.05, 0.1) is 21.3 Å². The van der Waals surface area contributed by atoms with Gasteiger partial charge in [-0.1, -0.05) is 6.07 Å². The van der Waals surface area contributed by atoms with E-state index in [0.29, 0.717) is 0 Å². The van der Waals surface area contributed by atoms with Gasteiger partial charge >= 0.3 is 0 Å². The number of methoxy groups -OCH3 is 3. The monoisotopic (exact) mass is 377 g/mol. The summed E-state index contributed by atoms with van der Waals surface area (Å²) in [6.45, 7) is 4.63. The van der Waals surface area contributed by atoms with Crippen LogP contribution in [0.5, 0.6) is 17.2 Å². The average molecular weight is 377 g/mol. The SMILES string of the molecule is COc1ccc2c3c(c4cc(OC)c(OC)cc4c2c1)C[C@]1(C)CCCN1C3. The maximum absolute atomic E-state index is 5.64. The number of ether oxygens (including phenoxy) is 3. The summed E-state index contributed by atoms with van der Waals surface area (Å²) in [5.41, 5.74) is 3.18. The Morgan fingerprint density at radius 3 is 2.25 bits per heavy atom. The Labute approximate surface area is 166 Å². The Morgan fingerprint density at radius 2 is 1.54 bits per heavy atom. The zero-order chi connectivity index (χ0) is 19.5. The zero-order valence-corrected chi connectivity index (χ0v) is 17.1.